The van der Waals surface area contributed by atoms with Crippen molar-refractivity contribution in [3.05, 3.63) is 0 Å². The molecule has 0 saturated carbocycles. The highest BCUT2D eigenvalue weighted by Crippen LogP contribution is 2.10. The molecule has 0 aliphatic carbocycles. The van der Waals surface area contributed by atoms with Crippen LogP contribution in [0.1, 0.15) is 27.2 Å². The van der Waals surface area contributed by atoms with E-state index in [1.54, 1.807) is 0 Å². The van der Waals surface area contributed by atoms with Gasteiger partial charge < -0.3 is 4.74 Å². The van der Waals surface area contributed by atoms with Crippen molar-refractivity contribution in [3.63, 3.8) is 0 Å². The van der Waals surface area contributed by atoms with Crippen molar-refractivity contribution in [1.29, 1.82) is 0 Å². The highest BCUT2D eigenvalue weighted by atomic mass is 79.9. The first-order valence-corrected chi connectivity index (χ1v) is 5.00. The Hall–Kier alpha value is 0.440. The summed E-state index contributed by atoms with van der Waals surface area (Å²) in [4.78, 5) is 0. The topological polar surface area (TPSA) is 9.23 Å². The fraction of sp³-hybridized carbons (Fsp3) is 1.00. The van der Waals surface area contributed by atoms with Gasteiger partial charge in [0.1, 0.15) is 0 Å². The third kappa shape index (κ3) is 5.24. The lowest BCUT2D eigenvalue weighted by atomic mass is 10.1. The molecular weight excluding hydrogens is 192 g/mol. The first-order valence-electron chi connectivity index (χ1n) is 3.88. The van der Waals surface area contributed by atoms with Gasteiger partial charge in [0.05, 0.1) is 6.10 Å². The molecule has 0 N–H and O–H groups in total. The molecule has 0 spiro atoms. The minimum Gasteiger partial charge on any atom is -0.378 e. The molecule has 0 bridgehead atoms. The van der Waals surface area contributed by atoms with Crippen molar-refractivity contribution in [2.75, 3.05) is 11.9 Å². The predicted molar refractivity (Wildman–Crippen MR) is 48.7 cm³/mol. The zero-order valence-electron chi connectivity index (χ0n) is 7.06. The molecule has 0 saturated heterocycles. The summed E-state index contributed by atoms with van der Waals surface area (Å²) in [7, 11) is 0. The van der Waals surface area contributed by atoms with E-state index in [1.165, 1.54) is 0 Å². The van der Waals surface area contributed by atoms with Gasteiger partial charge in [0.2, 0.25) is 0 Å². The second-order valence-corrected chi connectivity index (χ2v) is 3.51. The van der Waals surface area contributed by atoms with Crippen molar-refractivity contribution in [3.8, 4) is 0 Å². The second kappa shape index (κ2) is 6.17. The van der Waals surface area contributed by atoms with E-state index in [1.807, 2.05) is 6.92 Å². The van der Waals surface area contributed by atoms with Gasteiger partial charge in [-0.15, -0.1) is 0 Å². The van der Waals surface area contributed by atoms with Crippen LogP contribution < -0.4 is 0 Å². The molecule has 10 heavy (non-hydrogen) atoms. The van der Waals surface area contributed by atoms with Crippen LogP contribution >= 0.6 is 15.9 Å². The van der Waals surface area contributed by atoms with E-state index in [0.717, 1.165) is 24.3 Å². The van der Waals surface area contributed by atoms with Crippen molar-refractivity contribution in [2.24, 2.45) is 5.92 Å². The molecule has 0 heterocycles. The predicted octanol–water partition coefficient (Wildman–Crippen LogP) is 2.83. The van der Waals surface area contributed by atoms with Crippen LogP contribution in [-0.2, 0) is 4.74 Å². The van der Waals surface area contributed by atoms with Gasteiger partial charge in [-0.2, -0.15) is 0 Å². The minimum absolute atomic E-state index is 0.407. The van der Waals surface area contributed by atoms with E-state index in [4.69, 9.17) is 4.74 Å². The third-order valence-electron chi connectivity index (χ3n) is 1.31. The normalized spacial score (nSPS) is 14.1. The molecule has 0 fully saturated rings. The van der Waals surface area contributed by atoms with Crippen LogP contribution in [0.5, 0.6) is 0 Å². The van der Waals surface area contributed by atoms with Crippen LogP contribution in [-0.4, -0.2) is 18.0 Å². The lowest BCUT2D eigenvalue weighted by molar-refractivity contribution is 0.0656. The summed E-state index contributed by atoms with van der Waals surface area (Å²) in [6.07, 6.45) is 1.56. The SMILES string of the molecule is CCOC(CBr)CC(C)C. The number of halogens is 1. The number of alkyl halides is 1. The van der Waals surface area contributed by atoms with Gasteiger partial charge in [-0.3, -0.25) is 0 Å². The van der Waals surface area contributed by atoms with Gasteiger partial charge >= 0.3 is 0 Å². The van der Waals surface area contributed by atoms with Gasteiger partial charge in [-0.05, 0) is 19.3 Å². The number of ether oxygens (including phenoxy) is 1. The van der Waals surface area contributed by atoms with Gasteiger partial charge in [-0.1, -0.05) is 29.8 Å². The molecule has 62 valence electrons. The van der Waals surface area contributed by atoms with Crippen molar-refractivity contribution in [1.82, 2.24) is 0 Å². The Kier molecular flexibility index (Phi) is 6.44. The fourth-order valence-electron chi connectivity index (χ4n) is 0.937. The Bertz CT molecular complexity index is 73.7. The molecule has 0 amide bonds. The summed E-state index contributed by atoms with van der Waals surface area (Å²) >= 11 is 3.42. The zero-order chi connectivity index (χ0) is 7.98. The lowest BCUT2D eigenvalue weighted by Gasteiger charge is -2.15. The van der Waals surface area contributed by atoms with Crippen LogP contribution in [0.15, 0.2) is 0 Å². The summed E-state index contributed by atoms with van der Waals surface area (Å²) < 4.78 is 5.46. The van der Waals surface area contributed by atoms with Gasteiger partial charge in [0, 0.05) is 11.9 Å². The average Bonchev–Trinajstić information content (AvgIpc) is 1.86. The average molecular weight is 209 g/mol. The van der Waals surface area contributed by atoms with E-state index in [0.29, 0.717) is 6.10 Å². The van der Waals surface area contributed by atoms with Crippen LogP contribution in [0.4, 0.5) is 0 Å². The fourth-order valence-corrected chi connectivity index (χ4v) is 1.39. The Morgan fingerprint density at radius 1 is 1.40 bits per heavy atom. The number of hydrogen-bond acceptors (Lipinski definition) is 1. The Morgan fingerprint density at radius 3 is 2.30 bits per heavy atom. The van der Waals surface area contributed by atoms with Gasteiger partial charge in [-0.25, -0.2) is 0 Å². The van der Waals surface area contributed by atoms with E-state index < -0.39 is 0 Å². The molecular formula is C8H17BrO. The van der Waals surface area contributed by atoms with Gasteiger partial charge in [0.15, 0.2) is 0 Å². The van der Waals surface area contributed by atoms with Crippen molar-refractivity contribution < 1.29 is 4.74 Å². The maximum Gasteiger partial charge on any atom is 0.0674 e. The number of rotatable bonds is 5. The smallest absolute Gasteiger partial charge is 0.0674 e. The van der Waals surface area contributed by atoms with E-state index >= 15 is 0 Å². The molecule has 1 unspecified atom stereocenters. The highest BCUT2D eigenvalue weighted by molar-refractivity contribution is 9.09. The van der Waals surface area contributed by atoms with Crippen LogP contribution in [0.3, 0.4) is 0 Å². The van der Waals surface area contributed by atoms with Gasteiger partial charge in [0.25, 0.3) is 0 Å². The third-order valence-corrected chi connectivity index (χ3v) is 2.03. The Morgan fingerprint density at radius 2 is 2.00 bits per heavy atom. The Labute approximate surface area is 72.3 Å². The van der Waals surface area contributed by atoms with E-state index in [-0.39, 0.29) is 0 Å². The summed E-state index contributed by atoms with van der Waals surface area (Å²) in [6, 6.07) is 0. The molecule has 1 nitrogen and oxygen atoms in total. The largest absolute Gasteiger partial charge is 0.378 e. The summed E-state index contributed by atoms with van der Waals surface area (Å²) in [5.41, 5.74) is 0. The van der Waals surface area contributed by atoms with E-state index in [2.05, 4.69) is 29.8 Å². The molecule has 0 aromatic carbocycles. The highest BCUT2D eigenvalue weighted by Gasteiger charge is 2.07. The van der Waals surface area contributed by atoms with Crippen LogP contribution in [0, 0.1) is 5.92 Å². The first kappa shape index (κ1) is 10.4. The van der Waals surface area contributed by atoms with Crippen LogP contribution in [0.25, 0.3) is 0 Å². The second-order valence-electron chi connectivity index (χ2n) is 2.86. The zero-order valence-corrected chi connectivity index (χ0v) is 8.65. The van der Waals surface area contributed by atoms with Crippen molar-refractivity contribution >= 4 is 15.9 Å². The quantitative estimate of drug-likeness (QED) is 0.632. The number of hydrogen-bond donors (Lipinski definition) is 0. The first-order chi connectivity index (χ1) is 4.70. The maximum atomic E-state index is 5.46. The summed E-state index contributed by atoms with van der Waals surface area (Å²) in [6.45, 7) is 7.29. The molecule has 0 rings (SSSR count). The standard InChI is InChI=1S/C8H17BrO/c1-4-10-8(6-9)5-7(2)3/h7-8H,4-6H2,1-3H3. The summed E-state index contributed by atoms with van der Waals surface area (Å²) in [5, 5.41) is 0.957. The minimum atomic E-state index is 0.407. The molecule has 0 aliphatic heterocycles. The molecule has 0 aromatic heterocycles. The van der Waals surface area contributed by atoms with Crippen LogP contribution in [0.2, 0.25) is 0 Å². The molecule has 0 aliphatic rings. The lowest BCUT2D eigenvalue weighted by Crippen LogP contribution is -2.16. The Balaban J connectivity index is 3.39. The maximum absolute atomic E-state index is 5.46. The summed E-state index contributed by atoms with van der Waals surface area (Å²) in [5.74, 6) is 0.731. The molecule has 1 atom stereocenters. The molecule has 2 heteroatoms. The van der Waals surface area contributed by atoms with Crippen molar-refractivity contribution in [2.45, 2.75) is 33.3 Å². The molecule has 0 radical (unpaired) electrons. The monoisotopic (exact) mass is 208 g/mol. The molecule has 0 aromatic rings. The van der Waals surface area contributed by atoms with E-state index in [9.17, 15) is 0 Å².